The van der Waals surface area contributed by atoms with Crippen LogP contribution in [0.25, 0.3) is 10.8 Å². The minimum Gasteiger partial charge on any atom is -0.418 e. The number of hydrogen-bond donors (Lipinski definition) is 0. The van der Waals surface area contributed by atoms with Gasteiger partial charge in [-0.05, 0) is 44.3 Å². The molecule has 0 radical (unpaired) electrons. The molecule has 2 aromatic rings. The van der Waals surface area contributed by atoms with E-state index in [1.165, 1.54) is 19.3 Å². The Morgan fingerprint density at radius 2 is 2.11 bits per heavy atom. The second kappa shape index (κ2) is 5.20. The molecule has 0 amide bonds. The van der Waals surface area contributed by atoms with Gasteiger partial charge in [0.1, 0.15) is 0 Å². The number of rotatable bonds is 3. The maximum atomic E-state index is 5.79. The second-order valence-electron chi connectivity index (χ2n) is 4.70. The quantitative estimate of drug-likeness (QED) is 0.851. The highest BCUT2D eigenvalue weighted by Gasteiger charge is 2.23. The zero-order chi connectivity index (χ0) is 12.4. The second-order valence-corrected chi connectivity index (χ2v) is 5.64. The summed E-state index contributed by atoms with van der Waals surface area (Å²) in [6.07, 6.45) is 3.89. The molecule has 1 unspecified atom stereocenters. The summed E-state index contributed by atoms with van der Waals surface area (Å²) in [5.41, 5.74) is 0. The van der Waals surface area contributed by atoms with Crippen molar-refractivity contribution in [3.05, 3.63) is 23.4 Å². The van der Waals surface area contributed by atoms with E-state index in [1.54, 1.807) is 11.3 Å². The number of likely N-dealkylation sites (tertiary alicyclic amines) is 1. The lowest BCUT2D eigenvalue weighted by Crippen LogP contribution is -2.32. The summed E-state index contributed by atoms with van der Waals surface area (Å²) in [5.74, 6) is 1.38. The fraction of sp³-hybridized carbons (Fsp3) is 0.538. The van der Waals surface area contributed by atoms with E-state index in [-0.39, 0.29) is 6.04 Å². The lowest BCUT2D eigenvalue weighted by Gasteiger charge is -2.30. The molecule has 0 bridgehead atoms. The first kappa shape index (κ1) is 11.9. The highest BCUT2D eigenvalue weighted by atomic mass is 32.1. The Kier molecular flexibility index (Phi) is 3.43. The van der Waals surface area contributed by atoms with Gasteiger partial charge >= 0.3 is 0 Å². The van der Waals surface area contributed by atoms with Crippen LogP contribution in [0.2, 0.25) is 0 Å². The SMILES string of the molecule is CC(c1nnc(-c2cccs2)o1)N1CCCCC1. The van der Waals surface area contributed by atoms with Gasteiger partial charge in [-0.3, -0.25) is 4.90 Å². The molecule has 0 spiro atoms. The average molecular weight is 263 g/mol. The lowest BCUT2D eigenvalue weighted by atomic mass is 10.1. The zero-order valence-corrected chi connectivity index (χ0v) is 11.3. The molecule has 0 aliphatic carbocycles. The molecule has 5 heteroatoms. The van der Waals surface area contributed by atoms with Gasteiger partial charge < -0.3 is 4.42 Å². The number of nitrogens with zero attached hydrogens (tertiary/aromatic N) is 3. The van der Waals surface area contributed by atoms with Crippen LogP contribution in [0, 0.1) is 0 Å². The highest BCUT2D eigenvalue weighted by Crippen LogP contribution is 2.28. The van der Waals surface area contributed by atoms with Crippen LogP contribution >= 0.6 is 11.3 Å². The van der Waals surface area contributed by atoms with E-state index in [0.29, 0.717) is 5.89 Å². The van der Waals surface area contributed by atoms with E-state index in [1.807, 2.05) is 17.5 Å². The summed E-state index contributed by atoms with van der Waals surface area (Å²) in [7, 11) is 0. The van der Waals surface area contributed by atoms with Crippen LogP contribution in [0.3, 0.4) is 0 Å². The van der Waals surface area contributed by atoms with Crippen molar-refractivity contribution in [3.63, 3.8) is 0 Å². The van der Waals surface area contributed by atoms with Crippen molar-refractivity contribution in [3.8, 4) is 10.8 Å². The van der Waals surface area contributed by atoms with Crippen LogP contribution in [-0.4, -0.2) is 28.2 Å². The number of aromatic nitrogens is 2. The van der Waals surface area contributed by atoms with E-state index in [2.05, 4.69) is 22.0 Å². The molecule has 3 heterocycles. The molecule has 3 rings (SSSR count). The minimum absolute atomic E-state index is 0.228. The maximum absolute atomic E-state index is 5.79. The number of piperidine rings is 1. The Hall–Kier alpha value is -1.20. The van der Waals surface area contributed by atoms with Gasteiger partial charge in [-0.15, -0.1) is 21.5 Å². The molecule has 0 saturated carbocycles. The van der Waals surface area contributed by atoms with Gasteiger partial charge in [0, 0.05) is 0 Å². The maximum Gasteiger partial charge on any atom is 0.257 e. The van der Waals surface area contributed by atoms with Gasteiger partial charge in [0.15, 0.2) is 0 Å². The Bertz CT molecular complexity index is 488. The predicted molar refractivity (Wildman–Crippen MR) is 71.5 cm³/mol. The largest absolute Gasteiger partial charge is 0.418 e. The summed E-state index contributed by atoms with van der Waals surface area (Å²) in [5, 5.41) is 10.4. The van der Waals surface area contributed by atoms with Crippen molar-refractivity contribution < 1.29 is 4.42 Å². The van der Waals surface area contributed by atoms with Gasteiger partial charge in [-0.25, -0.2) is 0 Å². The van der Waals surface area contributed by atoms with E-state index < -0.39 is 0 Å². The van der Waals surface area contributed by atoms with Crippen molar-refractivity contribution in [2.75, 3.05) is 13.1 Å². The van der Waals surface area contributed by atoms with Crippen LogP contribution in [0.15, 0.2) is 21.9 Å². The molecular weight excluding hydrogens is 246 g/mol. The van der Waals surface area contributed by atoms with Gasteiger partial charge in [0.05, 0.1) is 10.9 Å². The molecule has 4 nitrogen and oxygen atoms in total. The van der Waals surface area contributed by atoms with Gasteiger partial charge in [0.2, 0.25) is 5.89 Å². The van der Waals surface area contributed by atoms with Crippen LogP contribution in [-0.2, 0) is 0 Å². The third kappa shape index (κ3) is 2.33. The zero-order valence-electron chi connectivity index (χ0n) is 10.5. The molecule has 1 saturated heterocycles. The van der Waals surface area contributed by atoms with Crippen molar-refractivity contribution >= 4 is 11.3 Å². The first-order valence-electron chi connectivity index (χ1n) is 6.46. The van der Waals surface area contributed by atoms with Crippen molar-refractivity contribution in [1.29, 1.82) is 0 Å². The summed E-state index contributed by atoms with van der Waals surface area (Å²) in [4.78, 5) is 3.47. The van der Waals surface area contributed by atoms with Gasteiger partial charge in [0.25, 0.3) is 5.89 Å². The van der Waals surface area contributed by atoms with Crippen LogP contribution in [0.4, 0.5) is 0 Å². The van der Waals surface area contributed by atoms with Crippen LogP contribution in [0.1, 0.15) is 38.1 Å². The highest BCUT2D eigenvalue weighted by molar-refractivity contribution is 7.13. The summed E-state index contributed by atoms with van der Waals surface area (Å²) >= 11 is 1.63. The molecule has 1 atom stereocenters. The predicted octanol–water partition coefficient (Wildman–Crippen LogP) is 3.35. The van der Waals surface area contributed by atoms with E-state index in [4.69, 9.17) is 4.42 Å². The first-order valence-corrected chi connectivity index (χ1v) is 7.34. The Morgan fingerprint density at radius 1 is 1.28 bits per heavy atom. The topological polar surface area (TPSA) is 42.2 Å². The fourth-order valence-corrected chi connectivity index (χ4v) is 3.01. The standard InChI is InChI=1S/C13H17N3OS/c1-10(16-7-3-2-4-8-16)12-14-15-13(17-12)11-6-5-9-18-11/h5-6,9-10H,2-4,7-8H2,1H3. The van der Waals surface area contributed by atoms with Crippen molar-refractivity contribution in [1.82, 2.24) is 15.1 Å². The molecule has 1 aliphatic rings. The fourth-order valence-electron chi connectivity index (χ4n) is 2.37. The summed E-state index contributed by atoms with van der Waals surface area (Å²) in [6.45, 7) is 4.42. The molecule has 1 aliphatic heterocycles. The Balaban J connectivity index is 1.76. The molecule has 2 aromatic heterocycles. The lowest BCUT2D eigenvalue weighted by molar-refractivity contribution is 0.153. The minimum atomic E-state index is 0.228. The normalized spacial score (nSPS) is 18.9. The summed E-state index contributed by atoms with van der Waals surface area (Å²) in [6, 6.07) is 4.23. The van der Waals surface area contributed by atoms with Gasteiger partial charge in [-0.1, -0.05) is 12.5 Å². The van der Waals surface area contributed by atoms with E-state index in [9.17, 15) is 0 Å². The molecule has 18 heavy (non-hydrogen) atoms. The molecule has 96 valence electrons. The smallest absolute Gasteiger partial charge is 0.257 e. The van der Waals surface area contributed by atoms with E-state index >= 15 is 0 Å². The Morgan fingerprint density at radius 3 is 2.83 bits per heavy atom. The Labute approximate surface area is 111 Å². The van der Waals surface area contributed by atoms with Crippen molar-refractivity contribution in [2.24, 2.45) is 0 Å². The van der Waals surface area contributed by atoms with Crippen molar-refractivity contribution in [2.45, 2.75) is 32.2 Å². The van der Waals surface area contributed by atoms with Crippen LogP contribution in [0.5, 0.6) is 0 Å². The molecule has 0 N–H and O–H groups in total. The third-order valence-corrected chi connectivity index (χ3v) is 4.33. The average Bonchev–Trinajstić information content (AvgIpc) is 3.09. The monoisotopic (exact) mass is 263 g/mol. The number of thiophene rings is 1. The van der Waals surface area contributed by atoms with E-state index in [0.717, 1.165) is 23.9 Å². The molecule has 0 aromatic carbocycles. The number of hydrogen-bond acceptors (Lipinski definition) is 5. The van der Waals surface area contributed by atoms with Gasteiger partial charge in [-0.2, -0.15) is 0 Å². The molecular formula is C13H17N3OS. The third-order valence-electron chi connectivity index (χ3n) is 3.47. The molecule has 1 fully saturated rings. The first-order chi connectivity index (χ1) is 8.84. The van der Waals surface area contributed by atoms with Crippen LogP contribution < -0.4 is 0 Å². The summed E-state index contributed by atoms with van der Waals surface area (Å²) < 4.78 is 5.79.